The maximum absolute atomic E-state index is 11.2. The van der Waals surface area contributed by atoms with Crippen molar-refractivity contribution < 1.29 is 12.6 Å². The summed E-state index contributed by atoms with van der Waals surface area (Å²) in [6.45, 7) is 1.76. The lowest BCUT2D eigenvalue weighted by Gasteiger charge is -2.06. The van der Waals surface area contributed by atoms with Crippen LogP contribution in [0.4, 0.5) is 0 Å². The molecule has 64 valence electrons. The molecule has 1 aliphatic carbocycles. The molecule has 4 heteroatoms. The molecule has 0 spiro atoms. The summed E-state index contributed by atoms with van der Waals surface area (Å²) in [7, 11) is -3.18. The predicted molar refractivity (Wildman–Crippen MR) is 40.6 cm³/mol. The first-order valence-corrected chi connectivity index (χ1v) is 5.50. The predicted octanol–water partition coefficient (Wildman–Crippen LogP) is 0.904. The second-order valence-electron chi connectivity index (χ2n) is 3.43. The maximum atomic E-state index is 11.2. The van der Waals surface area contributed by atoms with E-state index in [1.165, 1.54) is 0 Å². The fraction of sp³-hybridized carbons (Fsp3) is 1.00. The summed E-state index contributed by atoms with van der Waals surface area (Å²) < 4.78 is 27.3. The molecule has 2 fully saturated rings. The summed E-state index contributed by atoms with van der Waals surface area (Å²) in [4.78, 5) is 0. The summed E-state index contributed by atoms with van der Waals surface area (Å²) in [6.07, 6.45) is 3.07. The van der Waals surface area contributed by atoms with Gasteiger partial charge in [0.05, 0.1) is 11.4 Å². The Morgan fingerprint density at radius 3 is 2.73 bits per heavy atom. The van der Waals surface area contributed by atoms with Gasteiger partial charge in [-0.1, -0.05) is 6.42 Å². The van der Waals surface area contributed by atoms with Crippen LogP contribution in [0.2, 0.25) is 0 Å². The number of rotatable bonds is 0. The molecule has 3 unspecified atom stereocenters. The Kier molecular flexibility index (Phi) is 1.51. The van der Waals surface area contributed by atoms with Gasteiger partial charge in [0.15, 0.2) is 0 Å². The van der Waals surface area contributed by atoms with Crippen molar-refractivity contribution in [1.29, 1.82) is 0 Å². The molecule has 0 bridgehead atoms. The molecule has 3 nitrogen and oxygen atoms in total. The minimum atomic E-state index is -3.18. The molecule has 0 amide bonds. The first kappa shape index (κ1) is 7.55. The average Bonchev–Trinajstić information content (AvgIpc) is 2.39. The quantitative estimate of drug-likeness (QED) is 0.515. The molecule has 3 atom stereocenters. The van der Waals surface area contributed by atoms with Gasteiger partial charge in [0, 0.05) is 5.92 Å². The summed E-state index contributed by atoms with van der Waals surface area (Å²) in [5.74, 6) is 0.278. The fourth-order valence-electron chi connectivity index (χ4n) is 2.09. The van der Waals surface area contributed by atoms with E-state index in [0.717, 1.165) is 19.3 Å². The van der Waals surface area contributed by atoms with E-state index in [1.54, 1.807) is 6.92 Å². The highest BCUT2D eigenvalue weighted by atomic mass is 32.2. The van der Waals surface area contributed by atoms with E-state index in [4.69, 9.17) is 4.18 Å². The van der Waals surface area contributed by atoms with Gasteiger partial charge in [-0.2, -0.15) is 8.42 Å². The molecule has 1 saturated heterocycles. The second-order valence-corrected chi connectivity index (χ2v) is 5.35. The van der Waals surface area contributed by atoms with Crippen molar-refractivity contribution in [3.63, 3.8) is 0 Å². The van der Waals surface area contributed by atoms with Crippen molar-refractivity contribution in [3.05, 3.63) is 0 Å². The Balaban J connectivity index is 2.30. The van der Waals surface area contributed by atoms with E-state index in [1.807, 2.05) is 0 Å². The van der Waals surface area contributed by atoms with Crippen molar-refractivity contribution in [2.24, 2.45) is 5.92 Å². The van der Waals surface area contributed by atoms with Crippen molar-refractivity contribution in [1.82, 2.24) is 0 Å². The van der Waals surface area contributed by atoms with E-state index >= 15 is 0 Å². The maximum Gasteiger partial charge on any atom is 0.270 e. The van der Waals surface area contributed by atoms with Crippen LogP contribution >= 0.6 is 0 Å². The number of hydrogen-bond donors (Lipinski definition) is 0. The van der Waals surface area contributed by atoms with Crippen LogP contribution in [0.25, 0.3) is 0 Å². The van der Waals surface area contributed by atoms with Crippen LogP contribution in [0.5, 0.6) is 0 Å². The van der Waals surface area contributed by atoms with Crippen LogP contribution in [-0.2, 0) is 14.3 Å². The SMILES string of the molecule is CC1C2CCCC2OS1(=O)=O. The lowest BCUT2D eigenvalue weighted by Crippen LogP contribution is -2.18. The molecule has 1 heterocycles. The summed E-state index contributed by atoms with van der Waals surface area (Å²) in [6, 6.07) is 0. The van der Waals surface area contributed by atoms with E-state index in [-0.39, 0.29) is 17.3 Å². The first-order chi connectivity index (χ1) is 5.11. The van der Waals surface area contributed by atoms with Gasteiger partial charge >= 0.3 is 0 Å². The van der Waals surface area contributed by atoms with E-state index < -0.39 is 10.1 Å². The van der Waals surface area contributed by atoms with Crippen LogP contribution in [0, 0.1) is 5.92 Å². The van der Waals surface area contributed by atoms with E-state index in [9.17, 15) is 8.42 Å². The van der Waals surface area contributed by atoms with E-state index in [2.05, 4.69) is 0 Å². The minimum Gasteiger partial charge on any atom is -0.266 e. The minimum absolute atomic E-state index is 0.00926. The van der Waals surface area contributed by atoms with Gasteiger partial charge in [0.25, 0.3) is 10.1 Å². The molecule has 1 saturated carbocycles. The van der Waals surface area contributed by atoms with Crippen LogP contribution in [0.15, 0.2) is 0 Å². The van der Waals surface area contributed by atoms with Gasteiger partial charge in [0.2, 0.25) is 0 Å². The van der Waals surface area contributed by atoms with Crippen LogP contribution in [0.1, 0.15) is 26.2 Å². The smallest absolute Gasteiger partial charge is 0.266 e. The molecule has 0 aromatic rings. The zero-order valence-corrected chi connectivity index (χ0v) is 7.30. The molecule has 0 radical (unpaired) electrons. The lowest BCUT2D eigenvalue weighted by molar-refractivity contribution is 0.210. The van der Waals surface area contributed by atoms with Gasteiger partial charge in [0.1, 0.15) is 0 Å². The Bertz CT molecular complexity index is 257. The van der Waals surface area contributed by atoms with Crippen LogP contribution < -0.4 is 0 Å². The zero-order chi connectivity index (χ0) is 8.06. The molecule has 0 aromatic carbocycles. The molecule has 2 aliphatic rings. The first-order valence-electron chi connectivity index (χ1n) is 4.03. The Morgan fingerprint density at radius 2 is 2.09 bits per heavy atom. The average molecular weight is 176 g/mol. The van der Waals surface area contributed by atoms with E-state index in [0.29, 0.717) is 0 Å². The number of fused-ring (bicyclic) bond motifs is 1. The topological polar surface area (TPSA) is 43.4 Å². The third-order valence-electron chi connectivity index (χ3n) is 2.82. The fourth-order valence-corrected chi connectivity index (χ4v) is 3.58. The van der Waals surface area contributed by atoms with Crippen molar-refractivity contribution >= 4 is 10.1 Å². The van der Waals surface area contributed by atoms with Crippen molar-refractivity contribution in [2.45, 2.75) is 37.5 Å². The molecule has 11 heavy (non-hydrogen) atoms. The Labute approximate surface area is 66.9 Å². The number of hydrogen-bond acceptors (Lipinski definition) is 3. The highest BCUT2D eigenvalue weighted by molar-refractivity contribution is 7.87. The van der Waals surface area contributed by atoms with Crippen LogP contribution in [0.3, 0.4) is 0 Å². The van der Waals surface area contributed by atoms with Crippen LogP contribution in [-0.4, -0.2) is 19.8 Å². The van der Waals surface area contributed by atoms with Gasteiger partial charge in [-0.05, 0) is 19.8 Å². The molecular weight excluding hydrogens is 164 g/mol. The summed E-state index contributed by atoms with van der Waals surface area (Å²) in [5.41, 5.74) is 0. The molecule has 2 rings (SSSR count). The largest absolute Gasteiger partial charge is 0.270 e. The molecule has 0 N–H and O–H groups in total. The van der Waals surface area contributed by atoms with Gasteiger partial charge in [-0.15, -0.1) is 0 Å². The second kappa shape index (κ2) is 2.20. The van der Waals surface area contributed by atoms with Gasteiger partial charge in [-0.3, -0.25) is 4.18 Å². The van der Waals surface area contributed by atoms with Gasteiger partial charge < -0.3 is 0 Å². The monoisotopic (exact) mass is 176 g/mol. The Morgan fingerprint density at radius 1 is 1.36 bits per heavy atom. The van der Waals surface area contributed by atoms with Crippen molar-refractivity contribution in [3.8, 4) is 0 Å². The van der Waals surface area contributed by atoms with Crippen molar-refractivity contribution in [2.75, 3.05) is 0 Å². The summed E-state index contributed by atoms with van der Waals surface area (Å²) in [5, 5.41) is -0.269. The molecule has 0 aromatic heterocycles. The standard InChI is InChI=1S/C7H12O3S/c1-5-6-3-2-4-7(6)10-11(5,8)9/h5-7H,2-4H2,1H3. The third kappa shape index (κ3) is 0.999. The third-order valence-corrected chi connectivity index (χ3v) is 4.60. The summed E-state index contributed by atoms with van der Waals surface area (Å²) >= 11 is 0. The molecule has 1 aliphatic heterocycles. The van der Waals surface area contributed by atoms with Gasteiger partial charge in [-0.25, -0.2) is 0 Å². The highest BCUT2D eigenvalue weighted by Gasteiger charge is 2.47. The zero-order valence-electron chi connectivity index (χ0n) is 6.49. The Hall–Kier alpha value is -0.0900. The highest BCUT2D eigenvalue weighted by Crippen LogP contribution is 2.40. The normalized spacial score (nSPS) is 47.5. The lowest BCUT2D eigenvalue weighted by atomic mass is 10.0. The molecular formula is C7H12O3S.